The number of benzene rings is 2. The molecule has 63 heavy (non-hydrogen) atoms. The molecule has 3 aliphatic heterocycles. The molecule has 14 nitrogen and oxygen atoms in total. The summed E-state index contributed by atoms with van der Waals surface area (Å²) >= 11 is 0. The standard InChI is InChI=1S/C48H76N4O10Si/c1-45(2,3)61-43(54)51-38(31-35-17-15-14-16-18-35)40(59-47(51,7)8)33-50(42(53)58-29-30-63(11,12)13)34-41-39(52(48(9,10)60-41)44(55)62-46(4,5)6)32-36-19-21-37(22-20-36)57-28-25-49-23-26-56-27-24-49/h14-22,38-41H,23-34H2,1-13H3/t38-,39-,40+,41+/m0/s1. The fourth-order valence-corrected chi connectivity index (χ4v) is 9.08. The zero-order valence-corrected chi connectivity index (χ0v) is 41.4. The van der Waals surface area contributed by atoms with Gasteiger partial charge in [0.2, 0.25) is 0 Å². The van der Waals surface area contributed by atoms with Gasteiger partial charge >= 0.3 is 18.3 Å². The Hall–Kier alpha value is -3.89. The Bertz CT molecular complexity index is 1800. The summed E-state index contributed by atoms with van der Waals surface area (Å²) in [7, 11) is -1.56. The topological polar surface area (TPSA) is 129 Å². The molecule has 2 aromatic rings. The Morgan fingerprint density at radius 1 is 0.714 bits per heavy atom. The summed E-state index contributed by atoms with van der Waals surface area (Å²) in [5, 5.41) is 0. The van der Waals surface area contributed by atoms with Crippen LogP contribution in [0.15, 0.2) is 54.6 Å². The van der Waals surface area contributed by atoms with Gasteiger partial charge in [0.25, 0.3) is 0 Å². The second-order valence-electron chi connectivity index (χ2n) is 21.2. The van der Waals surface area contributed by atoms with Gasteiger partial charge in [-0.15, -0.1) is 0 Å². The third kappa shape index (κ3) is 14.8. The van der Waals surface area contributed by atoms with Crippen LogP contribution in [0.2, 0.25) is 25.7 Å². The lowest BCUT2D eigenvalue weighted by molar-refractivity contribution is -0.0905. The summed E-state index contributed by atoms with van der Waals surface area (Å²) in [5.74, 6) is 0.757. The summed E-state index contributed by atoms with van der Waals surface area (Å²) in [6.45, 7) is 30.2. The van der Waals surface area contributed by atoms with Gasteiger partial charge < -0.3 is 38.1 Å². The molecule has 352 valence electrons. The average Bonchev–Trinajstić information content (AvgIpc) is 3.56. The van der Waals surface area contributed by atoms with E-state index in [1.54, 1.807) is 14.7 Å². The van der Waals surface area contributed by atoms with Crippen LogP contribution in [0.5, 0.6) is 5.75 Å². The number of rotatable bonds is 15. The van der Waals surface area contributed by atoms with E-state index in [0.717, 1.165) is 55.8 Å². The molecule has 3 heterocycles. The maximum Gasteiger partial charge on any atom is 0.412 e. The number of hydrogen-bond acceptors (Lipinski definition) is 11. The molecule has 0 aliphatic carbocycles. The van der Waals surface area contributed by atoms with E-state index in [0.29, 0.717) is 19.4 Å². The summed E-state index contributed by atoms with van der Waals surface area (Å²) in [4.78, 5) is 50.0. The molecule has 0 bridgehead atoms. The van der Waals surface area contributed by atoms with Crippen molar-refractivity contribution in [2.75, 3.05) is 59.2 Å². The summed E-state index contributed by atoms with van der Waals surface area (Å²) in [6.07, 6.45) is -1.95. The Balaban J connectivity index is 1.46. The fourth-order valence-electron chi connectivity index (χ4n) is 8.37. The number of nitrogens with zero attached hydrogens (tertiary/aromatic N) is 4. The van der Waals surface area contributed by atoms with E-state index in [2.05, 4.69) is 24.5 Å². The quantitative estimate of drug-likeness (QED) is 0.126. The van der Waals surface area contributed by atoms with Crippen molar-refractivity contribution in [1.82, 2.24) is 19.6 Å². The van der Waals surface area contributed by atoms with Crippen LogP contribution in [0.4, 0.5) is 14.4 Å². The minimum absolute atomic E-state index is 0.0761. The average molecular weight is 897 g/mol. The monoisotopic (exact) mass is 897 g/mol. The highest BCUT2D eigenvalue weighted by Crippen LogP contribution is 2.39. The van der Waals surface area contributed by atoms with Crippen LogP contribution < -0.4 is 4.74 Å². The Morgan fingerprint density at radius 2 is 1.19 bits per heavy atom. The van der Waals surface area contributed by atoms with Crippen LogP contribution in [-0.4, -0.2) is 152 Å². The van der Waals surface area contributed by atoms with E-state index in [1.807, 2.05) is 124 Å². The van der Waals surface area contributed by atoms with Crippen molar-refractivity contribution < 1.29 is 47.5 Å². The molecule has 3 aliphatic rings. The number of ether oxygens (including phenoxy) is 7. The second-order valence-corrected chi connectivity index (χ2v) is 26.8. The van der Waals surface area contributed by atoms with Crippen molar-refractivity contribution >= 4 is 26.4 Å². The van der Waals surface area contributed by atoms with E-state index < -0.39 is 73.3 Å². The third-order valence-corrected chi connectivity index (χ3v) is 13.0. The van der Waals surface area contributed by atoms with E-state index in [9.17, 15) is 14.4 Å². The molecule has 0 N–H and O–H groups in total. The molecule has 0 spiro atoms. The summed E-state index contributed by atoms with van der Waals surface area (Å²) < 4.78 is 43.2. The van der Waals surface area contributed by atoms with Gasteiger partial charge in [-0.2, -0.15) is 0 Å². The van der Waals surface area contributed by atoms with Crippen LogP contribution in [0.25, 0.3) is 0 Å². The molecule has 0 unspecified atom stereocenters. The van der Waals surface area contributed by atoms with Crippen LogP contribution in [0, 0.1) is 0 Å². The largest absolute Gasteiger partial charge is 0.492 e. The van der Waals surface area contributed by atoms with Gasteiger partial charge in [0.1, 0.15) is 35.0 Å². The van der Waals surface area contributed by atoms with Gasteiger partial charge in [-0.25, -0.2) is 14.4 Å². The van der Waals surface area contributed by atoms with Crippen molar-refractivity contribution in [3.05, 3.63) is 65.7 Å². The molecule has 0 radical (unpaired) electrons. The van der Waals surface area contributed by atoms with Gasteiger partial charge in [-0.3, -0.25) is 14.7 Å². The number of morpholine rings is 1. The Kier molecular flexibility index (Phi) is 16.3. The highest BCUT2D eigenvalue weighted by Gasteiger charge is 2.54. The first-order chi connectivity index (χ1) is 29.3. The zero-order valence-electron chi connectivity index (χ0n) is 40.4. The van der Waals surface area contributed by atoms with Gasteiger partial charge in [0.15, 0.2) is 0 Å². The Labute approximate surface area is 377 Å². The predicted molar refractivity (Wildman–Crippen MR) is 246 cm³/mol. The molecule has 3 saturated heterocycles. The van der Waals surface area contributed by atoms with E-state index in [-0.39, 0.29) is 19.7 Å². The van der Waals surface area contributed by atoms with Gasteiger partial charge in [-0.1, -0.05) is 62.1 Å². The highest BCUT2D eigenvalue weighted by atomic mass is 28.3. The number of amides is 3. The van der Waals surface area contributed by atoms with Crippen molar-refractivity contribution in [3.8, 4) is 5.75 Å². The number of hydrogen-bond donors (Lipinski definition) is 0. The number of carbonyl (C=O) groups is 3. The van der Waals surface area contributed by atoms with Crippen molar-refractivity contribution in [2.24, 2.45) is 0 Å². The van der Waals surface area contributed by atoms with Crippen LogP contribution in [0.3, 0.4) is 0 Å². The molecule has 0 saturated carbocycles. The van der Waals surface area contributed by atoms with Gasteiger partial charge in [-0.05, 0) is 111 Å². The predicted octanol–water partition coefficient (Wildman–Crippen LogP) is 8.44. The van der Waals surface area contributed by atoms with Crippen LogP contribution in [0.1, 0.15) is 80.4 Å². The fraction of sp³-hybridized carbons (Fsp3) is 0.688. The molecular formula is C48H76N4O10Si. The van der Waals surface area contributed by atoms with Crippen molar-refractivity contribution in [1.29, 1.82) is 0 Å². The highest BCUT2D eigenvalue weighted by molar-refractivity contribution is 6.76. The second kappa shape index (κ2) is 20.5. The summed E-state index contributed by atoms with van der Waals surface area (Å²) in [5.41, 5.74) is -1.70. The molecule has 5 rings (SSSR count). The van der Waals surface area contributed by atoms with E-state index in [1.165, 1.54) is 0 Å². The molecular weight excluding hydrogens is 821 g/mol. The van der Waals surface area contributed by atoms with Crippen LogP contribution in [-0.2, 0) is 41.3 Å². The minimum Gasteiger partial charge on any atom is -0.492 e. The van der Waals surface area contributed by atoms with E-state index in [4.69, 9.17) is 33.2 Å². The minimum atomic E-state index is -1.56. The third-order valence-electron chi connectivity index (χ3n) is 11.3. The normalized spacial score (nSPS) is 22.7. The smallest absolute Gasteiger partial charge is 0.412 e. The van der Waals surface area contributed by atoms with E-state index >= 15 is 0 Å². The SMILES string of the molecule is CC(C)(C)OC(=O)N1[C@@H](Cc2ccccc2)[C@@H](CN(C[C@H]2OC(C)(C)N(C(=O)OC(C)(C)C)[C@H]2Cc2ccc(OCCN3CCOCC3)cc2)C(=O)OCC[Si](C)(C)C)OC1(C)C. The molecule has 15 heteroatoms. The molecule has 3 fully saturated rings. The van der Waals surface area contributed by atoms with Crippen molar-refractivity contribution in [3.63, 3.8) is 0 Å². The maximum atomic E-state index is 14.5. The zero-order chi connectivity index (χ0) is 46.4. The maximum absolute atomic E-state index is 14.5. The summed E-state index contributed by atoms with van der Waals surface area (Å²) in [6, 6.07) is 17.6. The Morgan fingerprint density at radius 3 is 1.65 bits per heavy atom. The molecule has 0 aromatic heterocycles. The first-order valence-electron chi connectivity index (χ1n) is 22.7. The van der Waals surface area contributed by atoms with Gasteiger partial charge in [0.05, 0.1) is 57.2 Å². The lowest BCUT2D eigenvalue weighted by Gasteiger charge is -2.36. The van der Waals surface area contributed by atoms with Crippen LogP contribution >= 0.6 is 0 Å². The number of carbonyl (C=O) groups excluding carboxylic acids is 3. The lowest BCUT2D eigenvalue weighted by atomic mass is 9.98. The molecule has 3 amide bonds. The first kappa shape index (κ1) is 50.1. The van der Waals surface area contributed by atoms with Crippen molar-refractivity contribution in [2.45, 2.75) is 155 Å². The van der Waals surface area contributed by atoms with Gasteiger partial charge in [0, 0.05) is 27.7 Å². The molecule has 4 atom stereocenters. The first-order valence-corrected chi connectivity index (χ1v) is 26.4. The molecule has 2 aromatic carbocycles. The lowest BCUT2D eigenvalue weighted by Crippen LogP contribution is -2.53.